The number of fused-ring (bicyclic) bond motifs is 1. The molecule has 0 unspecified atom stereocenters. The molecular weight excluding hydrogens is 329 g/mol. The van der Waals surface area contributed by atoms with Crippen molar-refractivity contribution in [2.75, 3.05) is 20.0 Å². The van der Waals surface area contributed by atoms with Gasteiger partial charge in [-0.25, -0.2) is 0 Å². The van der Waals surface area contributed by atoms with E-state index in [-0.39, 0.29) is 19.3 Å². The highest BCUT2D eigenvalue weighted by atomic mass is 19.1. The third kappa shape index (κ3) is 4.47. The number of halogens is 3. The highest BCUT2D eigenvalue weighted by Gasteiger charge is 2.38. The maximum atomic E-state index is 12.8. The molecule has 0 saturated heterocycles. The third-order valence-corrected chi connectivity index (χ3v) is 4.70. The highest BCUT2D eigenvalue weighted by Crippen LogP contribution is 2.34. The van der Waals surface area contributed by atoms with E-state index in [1.54, 1.807) is 18.2 Å². The van der Waals surface area contributed by atoms with Crippen molar-refractivity contribution in [2.24, 2.45) is 5.41 Å². The monoisotopic (exact) mass is 350 g/mol. The minimum absolute atomic E-state index is 0.259. The largest absolute Gasteiger partial charge is 0.299 e. The third-order valence-electron chi connectivity index (χ3n) is 4.70. The normalized spacial score (nSPS) is 11.6. The summed E-state index contributed by atoms with van der Waals surface area (Å²) in [4.78, 5) is 25.0. The SMILES string of the molecule is O=C(CC(=O)C(CCF)(CCF)CCF)c1ccc2ccccc2c1. The molecule has 134 valence electrons. The van der Waals surface area contributed by atoms with Crippen LogP contribution >= 0.6 is 0 Å². The van der Waals surface area contributed by atoms with Gasteiger partial charge in [-0.3, -0.25) is 22.8 Å². The average molecular weight is 350 g/mol. The quantitative estimate of drug-likeness (QED) is 0.444. The van der Waals surface area contributed by atoms with Gasteiger partial charge < -0.3 is 0 Å². The van der Waals surface area contributed by atoms with Crippen molar-refractivity contribution >= 4 is 22.3 Å². The lowest BCUT2D eigenvalue weighted by Gasteiger charge is -2.29. The van der Waals surface area contributed by atoms with Gasteiger partial charge >= 0.3 is 0 Å². The molecule has 0 fully saturated rings. The molecule has 0 aromatic heterocycles. The summed E-state index contributed by atoms with van der Waals surface area (Å²) in [5.41, 5.74) is -1.08. The Morgan fingerprint density at radius 1 is 0.800 bits per heavy atom. The van der Waals surface area contributed by atoms with E-state index in [0.29, 0.717) is 5.56 Å². The van der Waals surface area contributed by atoms with E-state index in [9.17, 15) is 22.8 Å². The molecule has 2 nitrogen and oxygen atoms in total. The number of ketones is 2. The summed E-state index contributed by atoms with van der Waals surface area (Å²) >= 11 is 0. The summed E-state index contributed by atoms with van der Waals surface area (Å²) in [6, 6.07) is 12.6. The lowest BCUT2D eigenvalue weighted by atomic mass is 9.73. The maximum Gasteiger partial charge on any atom is 0.170 e. The molecule has 0 bridgehead atoms. The maximum absolute atomic E-state index is 12.8. The van der Waals surface area contributed by atoms with Crippen molar-refractivity contribution in [1.29, 1.82) is 0 Å². The van der Waals surface area contributed by atoms with Crippen molar-refractivity contribution in [3.63, 3.8) is 0 Å². The number of alkyl halides is 3. The van der Waals surface area contributed by atoms with Crippen molar-refractivity contribution in [3.05, 3.63) is 48.0 Å². The van der Waals surface area contributed by atoms with Gasteiger partial charge in [0, 0.05) is 11.0 Å². The topological polar surface area (TPSA) is 34.1 Å². The number of hydrogen-bond donors (Lipinski definition) is 0. The molecule has 0 aliphatic carbocycles. The van der Waals surface area contributed by atoms with Gasteiger partial charge in [0.1, 0.15) is 5.78 Å². The minimum atomic E-state index is -1.44. The molecule has 2 aromatic rings. The molecule has 0 saturated carbocycles. The zero-order valence-electron chi connectivity index (χ0n) is 13.9. The van der Waals surface area contributed by atoms with E-state index in [1.807, 2.05) is 24.3 Å². The highest BCUT2D eigenvalue weighted by molar-refractivity contribution is 6.10. The zero-order valence-corrected chi connectivity index (χ0v) is 13.9. The van der Waals surface area contributed by atoms with Gasteiger partial charge in [-0.2, -0.15) is 0 Å². The fourth-order valence-electron chi connectivity index (χ4n) is 3.13. The predicted octanol–water partition coefficient (Wildman–Crippen LogP) is 5.05. The second-order valence-corrected chi connectivity index (χ2v) is 6.18. The van der Waals surface area contributed by atoms with Gasteiger partial charge in [-0.05, 0) is 36.1 Å². The van der Waals surface area contributed by atoms with Gasteiger partial charge in [-0.15, -0.1) is 0 Å². The van der Waals surface area contributed by atoms with Crippen LogP contribution in [-0.2, 0) is 4.79 Å². The lowest BCUT2D eigenvalue weighted by molar-refractivity contribution is -0.130. The van der Waals surface area contributed by atoms with Crippen LogP contribution in [0.5, 0.6) is 0 Å². The molecule has 2 rings (SSSR count). The van der Waals surface area contributed by atoms with Gasteiger partial charge in [0.15, 0.2) is 5.78 Å². The van der Waals surface area contributed by atoms with E-state index >= 15 is 0 Å². The average Bonchev–Trinajstić information content (AvgIpc) is 2.61. The number of hydrogen-bond acceptors (Lipinski definition) is 2. The molecule has 0 aliphatic heterocycles. The lowest BCUT2D eigenvalue weighted by Crippen LogP contribution is -2.34. The number of Topliss-reactive ketones (excluding diaryl/α,β-unsaturated/α-hetero) is 2. The molecule has 0 heterocycles. The van der Waals surface area contributed by atoms with Crippen molar-refractivity contribution in [1.82, 2.24) is 0 Å². The number of benzene rings is 2. The number of carbonyl (C=O) groups is 2. The Balaban J connectivity index is 2.21. The van der Waals surface area contributed by atoms with Gasteiger partial charge in [-0.1, -0.05) is 36.4 Å². The Kier molecular flexibility index (Phi) is 6.73. The second-order valence-electron chi connectivity index (χ2n) is 6.18. The van der Waals surface area contributed by atoms with Crippen LogP contribution in [0.15, 0.2) is 42.5 Å². The Bertz CT molecular complexity index is 726. The first-order valence-corrected chi connectivity index (χ1v) is 8.29. The summed E-state index contributed by atoms with van der Waals surface area (Å²) in [6.45, 7) is -2.55. The molecule has 0 radical (unpaired) electrons. The van der Waals surface area contributed by atoms with Crippen molar-refractivity contribution in [3.8, 4) is 0 Å². The molecule has 0 amide bonds. The number of rotatable bonds is 10. The van der Waals surface area contributed by atoms with Crippen LogP contribution in [0, 0.1) is 5.41 Å². The molecule has 5 heteroatoms. The molecule has 25 heavy (non-hydrogen) atoms. The smallest absolute Gasteiger partial charge is 0.170 e. The molecule has 0 N–H and O–H groups in total. The summed E-state index contributed by atoms with van der Waals surface area (Å²) in [5, 5.41) is 1.83. The van der Waals surface area contributed by atoms with Crippen LogP contribution in [0.4, 0.5) is 13.2 Å². The van der Waals surface area contributed by atoms with Crippen molar-refractivity contribution < 1.29 is 22.8 Å². The molecule has 0 spiro atoms. The second kappa shape index (κ2) is 8.79. The Labute approximate surface area is 145 Å². The van der Waals surface area contributed by atoms with Gasteiger partial charge in [0.25, 0.3) is 0 Å². The van der Waals surface area contributed by atoms with Crippen LogP contribution in [0.25, 0.3) is 10.8 Å². The van der Waals surface area contributed by atoms with Crippen LogP contribution < -0.4 is 0 Å². The Morgan fingerprint density at radius 3 is 1.92 bits per heavy atom. The first kappa shape index (κ1) is 19.2. The van der Waals surface area contributed by atoms with Crippen LogP contribution in [0.3, 0.4) is 0 Å². The van der Waals surface area contributed by atoms with Crippen molar-refractivity contribution in [2.45, 2.75) is 25.7 Å². The fraction of sp³-hybridized carbons (Fsp3) is 0.400. The van der Waals surface area contributed by atoms with Gasteiger partial charge in [0.2, 0.25) is 0 Å². The Morgan fingerprint density at radius 2 is 1.36 bits per heavy atom. The number of carbonyl (C=O) groups excluding carboxylic acids is 2. The summed E-state index contributed by atoms with van der Waals surface area (Å²) in [5.74, 6) is -1.00. The summed E-state index contributed by atoms with van der Waals surface area (Å²) in [7, 11) is 0. The molecule has 0 atom stereocenters. The molecule has 2 aromatic carbocycles. The van der Waals surface area contributed by atoms with E-state index in [1.165, 1.54) is 0 Å². The predicted molar refractivity (Wildman–Crippen MR) is 92.1 cm³/mol. The van der Waals surface area contributed by atoms with E-state index in [4.69, 9.17) is 0 Å². The van der Waals surface area contributed by atoms with Crippen LogP contribution in [0.2, 0.25) is 0 Å². The zero-order chi connectivity index (χ0) is 18.3. The fourth-order valence-corrected chi connectivity index (χ4v) is 3.13. The first-order valence-electron chi connectivity index (χ1n) is 8.29. The van der Waals surface area contributed by atoms with Gasteiger partial charge in [0.05, 0.1) is 26.4 Å². The van der Waals surface area contributed by atoms with E-state index < -0.39 is 43.4 Å². The molecule has 0 aliphatic rings. The summed E-state index contributed by atoms with van der Waals surface area (Å²) < 4.78 is 38.5. The Hall–Kier alpha value is -2.17. The van der Waals surface area contributed by atoms with Crippen LogP contribution in [0.1, 0.15) is 36.0 Å². The van der Waals surface area contributed by atoms with E-state index in [2.05, 4.69) is 0 Å². The van der Waals surface area contributed by atoms with E-state index in [0.717, 1.165) is 10.8 Å². The molecular formula is C20H21F3O2. The van der Waals surface area contributed by atoms with Crippen LogP contribution in [-0.4, -0.2) is 31.6 Å². The minimum Gasteiger partial charge on any atom is -0.299 e. The summed E-state index contributed by atoms with van der Waals surface area (Å²) in [6.07, 6.45) is -1.25. The first-order chi connectivity index (χ1) is 12.1. The standard InChI is InChI=1S/C20H21F3O2/c21-10-7-20(8-11-22,9-12-23)19(25)14-18(24)17-6-5-15-3-1-2-4-16(15)13-17/h1-6,13H,7-12,14H2.